The quantitative estimate of drug-likeness (QED) is 0.479. The molecule has 7 nitrogen and oxygen atoms in total. The molecule has 0 saturated heterocycles. The van der Waals surface area contributed by atoms with Crippen LogP contribution in [0.15, 0.2) is 71.8 Å². The van der Waals surface area contributed by atoms with Crippen molar-refractivity contribution >= 4 is 35.3 Å². The van der Waals surface area contributed by atoms with Gasteiger partial charge in [0.05, 0.1) is 6.21 Å². The lowest BCUT2D eigenvalue weighted by Gasteiger charge is -2.06. The van der Waals surface area contributed by atoms with Crippen LogP contribution < -0.4 is 20.2 Å². The molecule has 150 valence electrons. The number of fused-ring (bicyclic) bond motifs is 1. The summed E-state index contributed by atoms with van der Waals surface area (Å²) in [5.41, 5.74) is 4.68. The summed E-state index contributed by atoms with van der Waals surface area (Å²) >= 11 is 5.83. The molecular formula is C22H16ClN3O4. The summed E-state index contributed by atoms with van der Waals surface area (Å²) in [5.74, 6) is 0.681. The minimum atomic E-state index is -0.373. The van der Waals surface area contributed by atoms with E-state index in [1.54, 1.807) is 66.7 Å². The van der Waals surface area contributed by atoms with Crippen LogP contribution in [0.4, 0.5) is 5.69 Å². The van der Waals surface area contributed by atoms with Gasteiger partial charge in [-0.05, 0) is 72.3 Å². The number of rotatable bonds is 5. The summed E-state index contributed by atoms with van der Waals surface area (Å²) in [6.07, 6.45) is 1.51. The topological polar surface area (TPSA) is 89.0 Å². The molecule has 0 unspecified atom stereocenters. The number of nitrogens with one attached hydrogen (secondary N) is 2. The highest BCUT2D eigenvalue weighted by Crippen LogP contribution is 2.31. The molecule has 3 aromatic carbocycles. The Hall–Kier alpha value is -3.84. The Morgan fingerprint density at radius 2 is 1.53 bits per heavy atom. The summed E-state index contributed by atoms with van der Waals surface area (Å²) in [6, 6.07) is 18.4. The molecule has 3 aromatic rings. The van der Waals surface area contributed by atoms with Gasteiger partial charge in [-0.25, -0.2) is 5.43 Å². The van der Waals surface area contributed by atoms with Gasteiger partial charge in [-0.3, -0.25) is 9.59 Å². The van der Waals surface area contributed by atoms with E-state index in [9.17, 15) is 9.59 Å². The molecule has 2 N–H and O–H groups in total. The van der Waals surface area contributed by atoms with Gasteiger partial charge in [-0.2, -0.15) is 5.10 Å². The van der Waals surface area contributed by atoms with E-state index in [2.05, 4.69) is 15.8 Å². The molecule has 0 aliphatic carbocycles. The number of benzene rings is 3. The maximum absolute atomic E-state index is 12.2. The number of amides is 2. The van der Waals surface area contributed by atoms with E-state index in [0.29, 0.717) is 33.3 Å². The summed E-state index contributed by atoms with van der Waals surface area (Å²) in [4.78, 5) is 24.5. The van der Waals surface area contributed by atoms with Crippen LogP contribution in [0.3, 0.4) is 0 Å². The van der Waals surface area contributed by atoms with Gasteiger partial charge in [0, 0.05) is 21.8 Å². The van der Waals surface area contributed by atoms with Gasteiger partial charge in [0.25, 0.3) is 11.8 Å². The third kappa shape index (κ3) is 4.59. The van der Waals surface area contributed by atoms with E-state index in [4.69, 9.17) is 21.1 Å². The SMILES string of the molecule is O=C(N/N=C/c1ccc2c(c1)OCO2)c1ccc(NC(=O)c2ccc(Cl)cc2)cc1. The fourth-order valence-corrected chi connectivity index (χ4v) is 2.86. The molecule has 1 aliphatic rings. The van der Waals surface area contributed by atoms with Crippen LogP contribution in [-0.2, 0) is 0 Å². The largest absolute Gasteiger partial charge is 0.454 e. The fourth-order valence-electron chi connectivity index (χ4n) is 2.73. The molecular weight excluding hydrogens is 406 g/mol. The van der Waals surface area contributed by atoms with Crippen molar-refractivity contribution < 1.29 is 19.1 Å². The average Bonchev–Trinajstić information content (AvgIpc) is 3.22. The summed E-state index contributed by atoms with van der Waals surface area (Å²) in [7, 11) is 0. The van der Waals surface area contributed by atoms with Crippen molar-refractivity contribution in [3.63, 3.8) is 0 Å². The Labute approximate surface area is 177 Å². The second-order valence-electron chi connectivity index (χ2n) is 6.35. The number of hydrogen-bond acceptors (Lipinski definition) is 5. The van der Waals surface area contributed by atoms with Gasteiger partial charge in [-0.1, -0.05) is 11.6 Å². The van der Waals surface area contributed by atoms with Gasteiger partial charge in [0.15, 0.2) is 11.5 Å². The van der Waals surface area contributed by atoms with Crippen LogP contribution >= 0.6 is 11.6 Å². The summed E-state index contributed by atoms with van der Waals surface area (Å²) in [6.45, 7) is 0.197. The standard InChI is InChI=1S/C22H16ClN3O4/c23-17-6-2-15(3-7-17)21(27)25-18-8-4-16(5-9-18)22(28)26-24-12-14-1-10-19-20(11-14)30-13-29-19/h1-12H,13H2,(H,25,27)(H,26,28)/b24-12+. The molecule has 0 aromatic heterocycles. The van der Waals surface area contributed by atoms with Crippen LogP contribution in [0.1, 0.15) is 26.3 Å². The molecule has 30 heavy (non-hydrogen) atoms. The third-order valence-electron chi connectivity index (χ3n) is 4.29. The number of nitrogens with zero attached hydrogens (tertiary/aromatic N) is 1. The van der Waals surface area contributed by atoms with Crippen LogP contribution in [0.25, 0.3) is 0 Å². The summed E-state index contributed by atoms with van der Waals surface area (Å²) < 4.78 is 10.6. The zero-order valence-corrected chi connectivity index (χ0v) is 16.3. The van der Waals surface area contributed by atoms with E-state index in [1.165, 1.54) is 6.21 Å². The highest BCUT2D eigenvalue weighted by atomic mass is 35.5. The molecule has 1 aliphatic heterocycles. The molecule has 8 heteroatoms. The number of carbonyl (C=O) groups excluding carboxylic acids is 2. The van der Waals surface area contributed by atoms with E-state index >= 15 is 0 Å². The minimum absolute atomic E-state index is 0.197. The molecule has 0 saturated carbocycles. The van der Waals surface area contributed by atoms with E-state index < -0.39 is 0 Å². The van der Waals surface area contributed by atoms with Gasteiger partial charge in [0.2, 0.25) is 6.79 Å². The molecule has 0 spiro atoms. The average molecular weight is 422 g/mol. The zero-order chi connectivity index (χ0) is 20.9. The lowest BCUT2D eigenvalue weighted by molar-refractivity contribution is 0.0954. The molecule has 2 amide bonds. The maximum atomic E-state index is 12.2. The van der Waals surface area contributed by atoms with Crippen LogP contribution in [-0.4, -0.2) is 24.8 Å². The first kappa shape index (κ1) is 19.5. The van der Waals surface area contributed by atoms with Gasteiger partial charge < -0.3 is 14.8 Å². The maximum Gasteiger partial charge on any atom is 0.271 e. The van der Waals surface area contributed by atoms with Crippen LogP contribution in [0.5, 0.6) is 11.5 Å². The minimum Gasteiger partial charge on any atom is -0.454 e. The molecule has 0 fully saturated rings. The molecule has 0 atom stereocenters. The van der Waals surface area contributed by atoms with E-state index in [0.717, 1.165) is 5.56 Å². The third-order valence-corrected chi connectivity index (χ3v) is 4.54. The van der Waals surface area contributed by atoms with Crippen molar-refractivity contribution in [1.82, 2.24) is 5.43 Å². The van der Waals surface area contributed by atoms with E-state index in [1.807, 2.05) is 0 Å². The van der Waals surface area contributed by atoms with Crippen molar-refractivity contribution in [1.29, 1.82) is 0 Å². The first-order chi connectivity index (χ1) is 14.6. The Bertz CT molecular complexity index is 1110. The van der Waals surface area contributed by atoms with E-state index in [-0.39, 0.29) is 18.6 Å². The second kappa shape index (κ2) is 8.67. The van der Waals surface area contributed by atoms with Crippen molar-refractivity contribution in [3.05, 3.63) is 88.4 Å². The molecule has 0 radical (unpaired) electrons. The Morgan fingerprint density at radius 3 is 2.30 bits per heavy atom. The van der Waals surface area contributed by atoms with Crippen LogP contribution in [0, 0.1) is 0 Å². The van der Waals surface area contributed by atoms with Crippen molar-refractivity contribution in [3.8, 4) is 11.5 Å². The normalized spacial score (nSPS) is 12.0. The number of hydrogen-bond donors (Lipinski definition) is 2. The number of halogens is 1. The lowest BCUT2D eigenvalue weighted by atomic mass is 10.1. The second-order valence-corrected chi connectivity index (χ2v) is 6.79. The first-order valence-corrected chi connectivity index (χ1v) is 9.36. The zero-order valence-electron chi connectivity index (χ0n) is 15.6. The number of carbonyl (C=O) groups is 2. The molecule has 0 bridgehead atoms. The summed E-state index contributed by atoms with van der Waals surface area (Å²) in [5, 5.41) is 7.28. The van der Waals surface area contributed by atoms with Gasteiger partial charge in [0.1, 0.15) is 0 Å². The Morgan fingerprint density at radius 1 is 0.867 bits per heavy atom. The highest BCUT2D eigenvalue weighted by molar-refractivity contribution is 6.30. The number of hydrazone groups is 1. The van der Waals surface area contributed by atoms with Crippen LogP contribution in [0.2, 0.25) is 5.02 Å². The first-order valence-electron chi connectivity index (χ1n) is 8.98. The fraction of sp³-hybridized carbons (Fsp3) is 0.0455. The number of anilines is 1. The van der Waals surface area contributed by atoms with Crippen molar-refractivity contribution in [2.24, 2.45) is 5.10 Å². The highest BCUT2D eigenvalue weighted by Gasteiger charge is 2.12. The Kier molecular flexibility index (Phi) is 5.63. The smallest absolute Gasteiger partial charge is 0.271 e. The molecule has 1 heterocycles. The molecule has 4 rings (SSSR count). The van der Waals surface area contributed by atoms with Gasteiger partial charge >= 0.3 is 0 Å². The lowest BCUT2D eigenvalue weighted by Crippen LogP contribution is -2.17. The number of ether oxygens (including phenoxy) is 2. The monoisotopic (exact) mass is 421 g/mol. The van der Waals surface area contributed by atoms with Gasteiger partial charge in [-0.15, -0.1) is 0 Å². The predicted octanol–water partition coefficient (Wildman–Crippen LogP) is 4.08. The van der Waals surface area contributed by atoms with Crippen molar-refractivity contribution in [2.75, 3.05) is 12.1 Å². The predicted molar refractivity (Wildman–Crippen MR) is 113 cm³/mol. The Balaban J connectivity index is 1.33. The van der Waals surface area contributed by atoms with Crippen molar-refractivity contribution in [2.45, 2.75) is 0 Å².